The topological polar surface area (TPSA) is 8.17 Å². The molecular formula is C54H38N2. The van der Waals surface area contributed by atoms with Crippen molar-refractivity contribution >= 4 is 38.9 Å². The van der Waals surface area contributed by atoms with E-state index in [0.29, 0.717) is 0 Å². The number of para-hydroxylation sites is 2. The van der Waals surface area contributed by atoms with Gasteiger partial charge in [-0.1, -0.05) is 164 Å². The monoisotopic (exact) mass is 714 g/mol. The summed E-state index contributed by atoms with van der Waals surface area (Å²) >= 11 is 0. The molecule has 1 aromatic heterocycles. The minimum absolute atomic E-state index is 1.09. The number of fused-ring (bicyclic) bond motifs is 3. The Morgan fingerprint density at radius 2 is 0.750 bits per heavy atom. The van der Waals surface area contributed by atoms with Crippen LogP contribution in [0, 0.1) is 0 Å². The van der Waals surface area contributed by atoms with Crippen molar-refractivity contribution in [1.29, 1.82) is 0 Å². The first-order valence-electron chi connectivity index (χ1n) is 19.2. The normalized spacial score (nSPS) is 11.2. The van der Waals surface area contributed by atoms with Gasteiger partial charge >= 0.3 is 0 Å². The van der Waals surface area contributed by atoms with E-state index in [0.717, 1.165) is 22.7 Å². The van der Waals surface area contributed by atoms with E-state index in [9.17, 15) is 0 Å². The predicted molar refractivity (Wildman–Crippen MR) is 237 cm³/mol. The van der Waals surface area contributed by atoms with E-state index in [1.807, 2.05) is 0 Å². The van der Waals surface area contributed by atoms with Crippen molar-refractivity contribution in [3.63, 3.8) is 0 Å². The summed E-state index contributed by atoms with van der Waals surface area (Å²) in [7, 11) is 0. The first-order valence-corrected chi connectivity index (χ1v) is 19.2. The van der Waals surface area contributed by atoms with Gasteiger partial charge in [0.15, 0.2) is 0 Å². The zero-order valence-electron chi connectivity index (χ0n) is 30.8. The summed E-state index contributed by atoms with van der Waals surface area (Å²) in [5.74, 6) is 0. The second kappa shape index (κ2) is 14.4. The average Bonchev–Trinajstić information content (AvgIpc) is 3.63. The van der Waals surface area contributed by atoms with Crippen molar-refractivity contribution in [1.82, 2.24) is 4.57 Å². The summed E-state index contributed by atoms with van der Waals surface area (Å²) in [6, 6.07) is 83.0. The lowest BCUT2D eigenvalue weighted by atomic mass is 9.98. The summed E-state index contributed by atoms with van der Waals surface area (Å²) in [5, 5.41) is 2.50. The van der Waals surface area contributed by atoms with Crippen LogP contribution >= 0.6 is 0 Å². The molecular weight excluding hydrogens is 677 g/mol. The van der Waals surface area contributed by atoms with Crippen LogP contribution in [-0.4, -0.2) is 4.57 Å². The van der Waals surface area contributed by atoms with Crippen LogP contribution in [0.1, 0.15) is 0 Å². The fraction of sp³-hybridized carbons (Fsp3) is 0. The molecule has 0 N–H and O–H groups in total. The first kappa shape index (κ1) is 33.2. The van der Waals surface area contributed by atoms with Crippen molar-refractivity contribution in [2.24, 2.45) is 0 Å². The standard InChI is InChI=1S/C54H38N2/c1-4-15-39(16-5-1)41-29-33-47(34-30-41)55(48-35-31-42(32-36-48)44-20-12-19-43(37-44)40-17-6-2-7-18-40)49-24-13-21-45(38-49)50-26-14-28-53-54(50)51-25-10-11-27-52(51)56(53)46-22-8-3-9-23-46/h1-38H. The lowest BCUT2D eigenvalue weighted by Gasteiger charge is -2.26. The Morgan fingerprint density at radius 3 is 1.41 bits per heavy atom. The van der Waals surface area contributed by atoms with Crippen molar-refractivity contribution in [2.45, 2.75) is 0 Å². The predicted octanol–water partition coefficient (Wildman–Crippen LogP) is 14.9. The lowest BCUT2D eigenvalue weighted by Crippen LogP contribution is -2.10. The molecule has 2 nitrogen and oxygen atoms in total. The highest BCUT2D eigenvalue weighted by Gasteiger charge is 2.18. The van der Waals surface area contributed by atoms with Crippen LogP contribution in [0.15, 0.2) is 231 Å². The number of benzene rings is 9. The maximum Gasteiger partial charge on any atom is 0.0547 e. The molecule has 9 aromatic carbocycles. The van der Waals surface area contributed by atoms with Gasteiger partial charge < -0.3 is 9.47 Å². The quantitative estimate of drug-likeness (QED) is 0.152. The largest absolute Gasteiger partial charge is 0.310 e. The third-order valence-corrected chi connectivity index (χ3v) is 10.8. The molecule has 0 radical (unpaired) electrons. The van der Waals surface area contributed by atoms with Gasteiger partial charge in [0.25, 0.3) is 0 Å². The highest BCUT2D eigenvalue weighted by atomic mass is 15.1. The van der Waals surface area contributed by atoms with Crippen LogP contribution < -0.4 is 4.90 Å². The number of aromatic nitrogens is 1. The molecule has 56 heavy (non-hydrogen) atoms. The van der Waals surface area contributed by atoms with Crippen molar-refractivity contribution in [3.8, 4) is 50.2 Å². The van der Waals surface area contributed by atoms with E-state index >= 15 is 0 Å². The van der Waals surface area contributed by atoms with Gasteiger partial charge in [0.1, 0.15) is 0 Å². The third-order valence-electron chi connectivity index (χ3n) is 10.8. The Hall–Kier alpha value is -7.42. The zero-order valence-corrected chi connectivity index (χ0v) is 30.8. The third kappa shape index (κ3) is 6.14. The van der Waals surface area contributed by atoms with E-state index in [4.69, 9.17) is 0 Å². The molecule has 0 spiro atoms. The number of hydrogen-bond acceptors (Lipinski definition) is 1. The maximum absolute atomic E-state index is 2.38. The summed E-state index contributed by atoms with van der Waals surface area (Å²) in [6.45, 7) is 0. The molecule has 2 heteroatoms. The van der Waals surface area contributed by atoms with Gasteiger partial charge in [-0.3, -0.25) is 0 Å². The number of anilines is 3. The van der Waals surface area contributed by atoms with Gasteiger partial charge in [0.2, 0.25) is 0 Å². The highest BCUT2D eigenvalue weighted by molar-refractivity contribution is 6.16. The molecule has 10 aromatic rings. The van der Waals surface area contributed by atoms with Crippen molar-refractivity contribution < 1.29 is 0 Å². The second-order valence-electron chi connectivity index (χ2n) is 14.2. The summed E-state index contributed by atoms with van der Waals surface area (Å²) in [5.41, 5.74) is 16.4. The Bertz CT molecular complexity index is 2930. The minimum atomic E-state index is 1.09. The molecule has 264 valence electrons. The first-order chi connectivity index (χ1) is 27.8. The van der Waals surface area contributed by atoms with E-state index in [2.05, 4.69) is 240 Å². The average molecular weight is 715 g/mol. The molecule has 0 amide bonds. The molecule has 0 saturated carbocycles. The fourth-order valence-corrected chi connectivity index (χ4v) is 8.12. The van der Waals surface area contributed by atoms with Crippen LogP contribution in [0.5, 0.6) is 0 Å². The van der Waals surface area contributed by atoms with Crippen molar-refractivity contribution in [3.05, 3.63) is 231 Å². The molecule has 1 heterocycles. The molecule has 0 aliphatic rings. The second-order valence-corrected chi connectivity index (χ2v) is 14.2. The Kier molecular flexibility index (Phi) is 8.55. The van der Waals surface area contributed by atoms with Gasteiger partial charge in [-0.25, -0.2) is 0 Å². The molecule has 0 saturated heterocycles. The van der Waals surface area contributed by atoms with Gasteiger partial charge in [0.05, 0.1) is 11.0 Å². The van der Waals surface area contributed by atoms with Gasteiger partial charge in [-0.05, 0) is 111 Å². The molecule has 0 bridgehead atoms. The van der Waals surface area contributed by atoms with Crippen LogP contribution in [-0.2, 0) is 0 Å². The highest BCUT2D eigenvalue weighted by Crippen LogP contribution is 2.42. The summed E-state index contributed by atoms with van der Waals surface area (Å²) < 4.78 is 2.38. The van der Waals surface area contributed by atoms with E-state index in [-0.39, 0.29) is 0 Å². The van der Waals surface area contributed by atoms with E-state index in [1.54, 1.807) is 0 Å². The van der Waals surface area contributed by atoms with Crippen molar-refractivity contribution in [2.75, 3.05) is 4.90 Å². The summed E-state index contributed by atoms with van der Waals surface area (Å²) in [6.07, 6.45) is 0. The molecule has 0 aliphatic heterocycles. The van der Waals surface area contributed by atoms with Crippen LogP contribution in [0.4, 0.5) is 17.1 Å². The fourth-order valence-electron chi connectivity index (χ4n) is 8.12. The maximum atomic E-state index is 2.38. The van der Waals surface area contributed by atoms with Gasteiger partial charge in [-0.15, -0.1) is 0 Å². The van der Waals surface area contributed by atoms with Gasteiger partial charge in [0, 0.05) is 33.5 Å². The molecule has 0 fully saturated rings. The Morgan fingerprint density at radius 1 is 0.286 bits per heavy atom. The SMILES string of the molecule is c1ccc(-c2ccc(N(c3ccc(-c4cccc(-c5ccccc5)c4)cc3)c3cccc(-c4cccc5c4c4ccccc4n5-c4ccccc4)c3)cc2)cc1. The van der Waals surface area contributed by atoms with Crippen LogP contribution in [0.2, 0.25) is 0 Å². The Labute approximate surface area is 327 Å². The number of hydrogen-bond donors (Lipinski definition) is 0. The van der Waals surface area contributed by atoms with Gasteiger partial charge in [-0.2, -0.15) is 0 Å². The Balaban J connectivity index is 1.09. The molecule has 0 atom stereocenters. The minimum Gasteiger partial charge on any atom is -0.310 e. The van der Waals surface area contributed by atoms with E-state index in [1.165, 1.54) is 66.3 Å². The zero-order chi connectivity index (χ0) is 37.3. The lowest BCUT2D eigenvalue weighted by molar-refractivity contribution is 1.18. The number of rotatable bonds is 8. The van der Waals surface area contributed by atoms with Crippen LogP contribution in [0.25, 0.3) is 72.0 Å². The molecule has 0 aliphatic carbocycles. The molecule has 0 unspecified atom stereocenters. The number of nitrogens with zero attached hydrogens (tertiary/aromatic N) is 2. The summed E-state index contributed by atoms with van der Waals surface area (Å²) in [4.78, 5) is 2.37. The molecule has 10 rings (SSSR count). The smallest absolute Gasteiger partial charge is 0.0547 e. The van der Waals surface area contributed by atoms with E-state index < -0.39 is 0 Å². The van der Waals surface area contributed by atoms with Crippen LogP contribution in [0.3, 0.4) is 0 Å².